The molecule has 0 saturated heterocycles. The smallest absolute Gasteiger partial charge is 0.303 e. The molecule has 0 heterocycles. The van der Waals surface area contributed by atoms with Crippen LogP contribution in [-0.2, 0) is 4.79 Å². The lowest BCUT2D eigenvalue weighted by Crippen LogP contribution is -2.11. The van der Waals surface area contributed by atoms with Crippen LogP contribution >= 0.6 is 0 Å². The third-order valence-electron chi connectivity index (χ3n) is 3.69. The van der Waals surface area contributed by atoms with Crippen molar-refractivity contribution in [2.24, 2.45) is 5.92 Å². The molecule has 0 spiro atoms. The summed E-state index contributed by atoms with van der Waals surface area (Å²) < 4.78 is 10.6. The van der Waals surface area contributed by atoms with E-state index in [-0.39, 0.29) is 12.3 Å². The normalized spacial score (nSPS) is 15.5. The van der Waals surface area contributed by atoms with Crippen LogP contribution in [0.4, 0.5) is 0 Å². The molecule has 0 aliphatic heterocycles. The molecule has 0 amide bonds. The molecule has 1 aromatic carbocycles. The second kappa shape index (κ2) is 5.94. The van der Waals surface area contributed by atoms with Crippen LogP contribution < -0.4 is 9.47 Å². The van der Waals surface area contributed by atoms with E-state index in [9.17, 15) is 9.59 Å². The van der Waals surface area contributed by atoms with Crippen molar-refractivity contribution in [3.8, 4) is 11.5 Å². The van der Waals surface area contributed by atoms with Crippen LogP contribution in [0.2, 0.25) is 0 Å². The van der Waals surface area contributed by atoms with Crippen molar-refractivity contribution in [3.05, 3.63) is 23.3 Å². The monoisotopic (exact) mass is 278 g/mol. The summed E-state index contributed by atoms with van der Waals surface area (Å²) in [6.07, 6.45) is 2.82. The van der Waals surface area contributed by atoms with E-state index in [1.165, 1.54) is 14.2 Å². The summed E-state index contributed by atoms with van der Waals surface area (Å²) in [7, 11) is 2.97. The predicted octanol–water partition coefficient (Wildman–Crippen LogP) is 2.48. The van der Waals surface area contributed by atoms with Crippen LogP contribution in [-0.4, -0.2) is 31.6 Å². The summed E-state index contributed by atoms with van der Waals surface area (Å²) in [5.41, 5.74) is 1.21. The van der Waals surface area contributed by atoms with E-state index in [4.69, 9.17) is 14.6 Å². The number of carbonyl (C=O) groups is 2. The van der Waals surface area contributed by atoms with Crippen molar-refractivity contribution in [1.29, 1.82) is 0 Å². The van der Waals surface area contributed by atoms with Crippen molar-refractivity contribution in [2.75, 3.05) is 14.2 Å². The quantitative estimate of drug-likeness (QED) is 0.776. The van der Waals surface area contributed by atoms with Gasteiger partial charge in [-0.05, 0) is 24.8 Å². The highest BCUT2D eigenvalue weighted by molar-refractivity contribution is 5.82. The molecule has 20 heavy (non-hydrogen) atoms. The van der Waals surface area contributed by atoms with Crippen molar-refractivity contribution in [1.82, 2.24) is 0 Å². The van der Waals surface area contributed by atoms with Gasteiger partial charge in [-0.1, -0.05) is 6.07 Å². The largest absolute Gasteiger partial charge is 0.493 e. The Morgan fingerprint density at radius 2 is 2.00 bits per heavy atom. The zero-order valence-electron chi connectivity index (χ0n) is 11.6. The third kappa shape index (κ3) is 2.76. The molecule has 1 fully saturated rings. The maximum absolute atomic E-state index is 11.1. The maximum Gasteiger partial charge on any atom is 0.303 e. The molecule has 0 radical (unpaired) electrons. The highest BCUT2D eigenvalue weighted by Gasteiger charge is 2.36. The molecule has 108 valence electrons. The summed E-state index contributed by atoms with van der Waals surface area (Å²) in [6, 6.07) is 3.43. The van der Waals surface area contributed by atoms with Crippen molar-refractivity contribution in [2.45, 2.75) is 25.2 Å². The van der Waals surface area contributed by atoms with E-state index in [2.05, 4.69) is 0 Å². The van der Waals surface area contributed by atoms with E-state index in [0.29, 0.717) is 29.3 Å². The Bertz CT molecular complexity index is 519. The average molecular weight is 278 g/mol. The highest BCUT2D eigenvalue weighted by atomic mass is 16.5. The van der Waals surface area contributed by atoms with E-state index in [1.807, 2.05) is 0 Å². The zero-order chi connectivity index (χ0) is 14.7. The van der Waals surface area contributed by atoms with Gasteiger partial charge in [0, 0.05) is 11.5 Å². The first kappa shape index (κ1) is 14.4. The number of hydrogen-bond acceptors (Lipinski definition) is 4. The van der Waals surface area contributed by atoms with Gasteiger partial charge in [0.25, 0.3) is 0 Å². The summed E-state index contributed by atoms with van der Waals surface area (Å²) in [4.78, 5) is 22.1. The topological polar surface area (TPSA) is 72.8 Å². The number of aliphatic carboxylic acids is 1. The van der Waals surface area contributed by atoms with Crippen LogP contribution in [0, 0.1) is 5.92 Å². The number of carboxylic acids is 1. The van der Waals surface area contributed by atoms with Gasteiger partial charge in [0.15, 0.2) is 17.8 Å². The molecule has 1 saturated carbocycles. The van der Waals surface area contributed by atoms with Crippen LogP contribution in [0.3, 0.4) is 0 Å². The molecule has 5 heteroatoms. The minimum absolute atomic E-state index is 0.0601. The molecule has 5 nitrogen and oxygen atoms in total. The molecule has 1 aromatic rings. The maximum atomic E-state index is 11.1. The Morgan fingerprint density at radius 3 is 2.45 bits per heavy atom. The van der Waals surface area contributed by atoms with Gasteiger partial charge >= 0.3 is 5.97 Å². The van der Waals surface area contributed by atoms with Gasteiger partial charge < -0.3 is 14.6 Å². The molecule has 2 rings (SSSR count). The van der Waals surface area contributed by atoms with E-state index in [0.717, 1.165) is 18.4 Å². The average Bonchev–Trinajstić information content (AvgIpc) is 3.27. The van der Waals surface area contributed by atoms with Crippen LogP contribution in [0.25, 0.3) is 0 Å². The van der Waals surface area contributed by atoms with E-state index < -0.39 is 5.97 Å². The zero-order valence-corrected chi connectivity index (χ0v) is 11.6. The molecule has 1 N–H and O–H groups in total. The summed E-state index contributed by atoms with van der Waals surface area (Å²) in [5.74, 6) is 0.275. The molecule has 1 aliphatic rings. The SMILES string of the molecule is COc1c(C=O)ccc(C(CC(=O)O)C2CC2)c1OC. The Hall–Kier alpha value is -2.04. The molecule has 0 bridgehead atoms. The Labute approximate surface area is 117 Å². The molecular formula is C15H18O5. The number of ether oxygens (including phenoxy) is 2. The minimum Gasteiger partial charge on any atom is -0.493 e. The Morgan fingerprint density at radius 1 is 1.35 bits per heavy atom. The van der Waals surface area contributed by atoms with Crippen molar-refractivity contribution in [3.63, 3.8) is 0 Å². The van der Waals surface area contributed by atoms with Crippen LogP contribution in [0.5, 0.6) is 11.5 Å². The van der Waals surface area contributed by atoms with Gasteiger partial charge in [0.2, 0.25) is 0 Å². The second-order valence-electron chi connectivity index (χ2n) is 4.97. The third-order valence-corrected chi connectivity index (χ3v) is 3.69. The number of aldehydes is 1. The number of methoxy groups -OCH3 is 2. The van der Waals surface area contributed by atoms with Gasteiger partial charge in [0.05, 0.1) is 26.2 Å². The number of benzene rings is 1. The lowest BCUT2D eigenvalue weighted by molar-refractivity contribution is -0.137. The van der Waals surface area contributed by atoms with E-state index >= 15 is 0 Å². The lowest BCUT2D eigenvalue weighted by atomic mass is 9.89. The standard InChI is InChI=1S/C15H18O5/c1-19-14-10(8-16)5-6-11(15(14)20-2)12(7-13(17)18)9-3-4-9/h5-6,8-9,12H,3-4,7H2,1-2H3,(H,17,18). The van der Waals surface area contributed by atoms with Gasteiger partial charge in [-0.15, -0.1) is 0 Å². The summed E-state index contributed by atoms with van der Waals surface area (Å²) in [6.45, 7) is 0. The molecule has 0 aromatic heterocycles. The number of carboxylic acid groups (broad SMARTS) is 1. The fraction of sp³-hybridized carbons (Fsp3) is 0.467. The Balaban J connectivity index is 2.48. The summed E-state index contributed by atoms with van der Waals surface area (Å²) in [5, 5.41) is 9.08. The van der Waals surface area contributed by atoms with Gasteiger partial charge in [-0.3, -0.25) is 9.59 Å². The molecule has 1 aliphatic carbocycles. The van der Waals surface area contributed by atoms with E-state index in [1.54, 1.807) is 12.1 Å². The molecule has 1 unspecified atom stereocenters. The first-order valence-electron chi connectivity index (χ1n) is 6.54. The molecule has 1 atom stereocenters. The fourth-order valence-corrected chi connectivity index (χ4v) is 2.62. The lowest BCUT2D eigenvalue weighted by Gasteiger charge is -2.20. The van der Waals surface area contributed by atoms with Crippen molar-refractivity contribution < 1.29 is 24.2 Å². The van der Waals surface area contributed by atoms with Crippen LogP contribution in [0.15, 0.2) is 12.1 Å². The van der Waals surface area contributed by atoms with Crippen molar-refractivity contribution >= 4 is 12.3 Å². The fourth-order valence-electron chi connectivity index (χ4n) is 2.62. The summed E-state index contributed by atoms with van der Waals surface area (Å²) >= 11 is 0. The number of carbonyl (C=O) groups excluding carboxylic acids is 1. The second-order valence-corrected chi connectivity index (χ2v) is 4.97. The first-order valence-corrected chi connectivity index (χ1v) is 6.54. The molecular weight excluding hydrogens is 260 g/mol. The first-order chi connectivity index (χ1) is 9.62. The number of hydrogen-bond donors (Lipinski definition) is 1. The van der Waals surface area contributed by atoms with Crippen LogP contribution in [0.1, 0.15) is 41.1 Å². The van der Waals surface area contributed by atoms with Gasteiger partial charge in [0.1, 0.15) is 0 Å². The predicted molar refractivity (Wildman–Crippen MR) is 72.7 cm³/mol. The van der Waals surface area contributed by atoms with Gasteiger partial charge in [-0.25, -0.2) is 0 Å². The Kier molecular flexibility index (Phi) is 4.27. The van der Waals surface area contributed by atoms with Gasteiger partial charge in [-0.2, -0.15) is 0 Å². The minimum atomic E-state index is -0.831. The number of rotatable bonds is 7. The highest BCUT2D eigenvalue weighted by Crippen LogP contribution is 2.49.